The van der Waals surface area contributed by atoms with E-state index >= 15 is 0 Å². The van der Waals surface area contributed by atoms with Gasteiger partial charge in [-0.1, -0.05) is 24.6 Å². The molecular weight excluding hydrogens is 360 g/mol. The van der Waals surface area contributed by atoms with Crippen molar-refractivity contribution >= 4 is 23.6 Å². The van der Waals surface area contributed by atoms with Gasteiger partial charge in [-0.15, -0.1) is 0 Å². The highest BCUT2D eigenvalue weighted by molar-refractivity contribution is 7.99. The van der Waals surface area contributed by atoms with E-state index in [0.29, 0.717) is 29.9 Å². The molecule has 2 fully saturated rings. The Morgan fingerprint density at radius 2 is 1.56 bits per heavy atom. The summed E-state index contributed by atoms with van der Waals surface area (Å²) in [5, 5.41) is 0.659. The Labute approximate surface area is 166 Å². The summed E-state index contributed by atoms with van der Waals surface area (Å²) in [6.45, 7) is 7.04. The molecule has 0 bridgehead atoms. The standard InChI is InChI=1S/C20H30N4O2S/c1-15-13-16(2)22-20(21-15)27-14-18(25)23-11-7-17(8-12-23)19(26)24-9-5-3-4-6-10-24/h13,17H,3-12,14H2,1-2H3. The van der Waals surface area contributed by atoms with Crippen molar-refractivity contribution in [3.8, 4) is 0 Å². The second-order valence-electron chi connectivity index (χ2n) is 7.62. The first-order valence-corrected chi connectivity index (χ1v) is 11.0. The Morgan fingerprint density at radius 3 is 2.15 bits per heavy atom. The average Bonchev–Trinajstić information content (AvgIpc) is 2.94. The third-order valence-electron chi connectivity index (χ3n) is 5.40. The Bertz CT molecular complexity index is 646. The molecule has 0 radical (unpaired) electrons. The van der Waals surface area contributed by atoms with Crippen LogP contribution in [0.25, 0.3) is 0 Å². The summed E-state index contributed by atoms with van der Waals surface area (Å²) in [5.41, 5.74) is 1.84. The molecule has 3 rings (SSSR count). The molecule has 2 saturated heterocycles. The van der Waals surface area contributed by atoms with E-state index in [4.69, 9.17) is 0 Å². The lowest BCUT2D eigenvalue weighted by atomic mass is 9.95. The number of nitrogens with zero attached hydrogens (tertiary/aromatic N) is 4. The van der Waals surface area contributed by atoms with Crippen LogP contribution >= 0.6 is 11.8 Å². The van der Waals surface area contributed by atoms with Gasteiger partial charge in [-0.25, -0.2) is 9.97 Å². The fourth-order valence-corrected chi connectivity index (χ4v) is 4.75. The topological polar surface area (TPSA) is 66.4 Å². The fraction of sp³-hybridized carbons (Fsp3) is 0.700. The van der Waals surface area contributed by atoms with Crippen molar-refractivity contribution in [2.24, 2.45) is 5.92 Å². The van der Waals surface area contributed by atoms with E-state index in [-0.39, 0.29) is 11.8 Å². The number of aromatic nitrogens is 2. The van der Waals surface area contributed by atoms with Crippen molar-refractivity contribution < 1.29 is 9.59 Å². The van der Waals surface area contributed by atoms with Gasteiger partial charge in [0.2, 0.25) is 11.8 Å². The number of thioether (sulfide) groups is 1. The molecule has 0 aromatic carbocycles. The van der Waals surface area contributed by atoms with Gasteiger partial charge in [0.05, 0.1) is 5.75 Å². The van der Waals surface area contributed by atoms with Gasteiger partial charge in [-0.05, 0) is 45.6 Å². The fourth-order valence-electron chi connectivity index (χ4n) is 3.90. The molecule has 2 aliphatic heterocycles. The largest absolute Gasteiger partial charge is 0.342 e. The average molecular weight is 391 g/mol. The van der Waals surface area contributed by atoms with E-state index in [2.05, 4.69) is 14.9 Å². The zero-order valence-corrected chi connectivity index (χ0v) is 17.3. The van der Waals surface area contributed by atoms with Gasteiger partial charge >= 0.3 is 0 Å². The Balaban J connectivity index is 1.45. The first kappa shape index (κ1) is 20.1. The second-order valence-corrected chi connectivity index (χ2v) is 8.56. The molecule has 3 heterocycles. The Hall–Kier alpha value is -1.63. The molecule has 2 aliphatic rings. The highest BCUT2D eigenvalue weighted by atomic mass is 32.2. The molecule has 6 nitrogen and oxygen atoms in total. The summed E-state index contributed by atoms with van der Waals surface area (Å²) in [6.07, 6.45) is 6.29. The van der Waals surface area contributed by atoms with Gasteiger partial charge in [-0.2, -0.15) is 0 Å². The smallest absolute Gasteiger partial charge is 0.233 e. The van der Waals surface area contributed by atoms with E-state index in [9.17, 15) is 9.59 Å². The highest BCUT2D eigenvalue weighted by Crippen LogP contribution is 2.23. The van der Waals surface area contributed by atoms with Crippen molar-refractivity contribution in [2.75, 3.05) is 31.9 Å². The zero-order valence-electron chi connectivity index (χ0n) is 16.4. The molecule has 0 atom stereocenters. The van der Waals surface area contributed by atoms with Gasteiger partial charge in [0, 0.05) is 43.5 Å². The van der Waals surface area contributed by atoms with Gasteiger partial charge in [0.25, 0.3) is 0 Å². The Kier molecular flexibility index (Phi) is 7.10. The van der Waals surface area contributed by atoms with Crippen LogP contribution in [0.4, 0.5) is 0 Å². The van der Waals surface area contributed by atoms with Crippen molar-refractivity contribution in [1.29, 1.82) is 0 Å². The molecule has 27 heavy (non-hydrogen) atoms. The molecule has 2 amide bonds. The maximum absolute atomic E-state index is 12.8. The number of piperidine rings is 1. The predicted octanol–water partition coefficient (Wildman–Crippen LogP) is 2.83. The molecule has 148 valence electrons. The lowest BCUT2D eigenvalue weighted by Gasteiger charge is -2.34. The van der Waals surface area contributed by atoms with Crippen molar-refractivity contribution in [3.63, 3.8) is 0 Å². The van der Waals surface area contributed by atoms with Crippen LogP contribution in [0.3, 0.4) is 0 Å². The number of carbonyl (C=O) groups excluding carboxylic acids is 2. The number of hydrogen-bond acceptors (Lipinski definition) is 5. The molecule has 1 aromatic heterocycles. The minimum atomic E-state index is 0.0857. The summed E-state index contributed by atoms with van der Waals surface area (Å²) in [6, 6.07) is 1.93. The molecule has 0 saturated carbocycles. The zero-order chi connectivity index (χ0) is 19.2. The van der Waals surface area contributed by atoms with Crippen LogP contribution in [0.1, 0.15) is 49.9 Å². The number of aryl methyl sites for hydroxylation is 2. The number of carbonyl (C=O) groups is 2. The SMILES string of the molecule is Cc1cc(C)nc(SCC(=O)N2CCC(C(=O)N3CCCCCC3)CC2)n1. The molecule has 1 aromatic rings. The highest BCUT2D eigenvalue weighted by Gasteiger charge is 2.30. The minimum absolute atomic E-state index is 0.0857. The quantitative estimate of drug-likeness (QED) is 0.584. The first-order chi connectivity index (χ1) is 13.0. The van der Waals surface area contributed by atoms with Gasteiger partial charge in [-0.3, -0.25) is 9.59 Å². The van der Waals surface area contributed by atoms with E-state index in [1.807, 2.05) is 24.8 Å². The molecular formula is C20H30N4O2S. The number of hydrogen-bond donors (Lipinski definition) is 0. The number of amides is 2. The van der Waals surface area contributed by atoms with Gasteiger partial charge in [0.1, 0.15) is 0 Å². The van der Waals surface area contributed by atoms with Crippen LogP contribution in [-0.2, 0) is 9.59 Å². The molecule has 0 N–H and O–H groups in total. The van der Waals surface area contributed by atoms with Crippen LogP contribution in [0.5, 0.6) is 0 Å². The number of rotatable bonds is 4. The van der Waals surface area contributed by atoms with Crippen molar-refractivity contribution in [3.05, 3.63) is 17.5 Å². The lowest BCUT2D eigenvalue weighted by molar-refractivity contribution is -0.139. The molecule has 0 unspecified atom stereocenters. The normalized spacial score (nSPS) is 19.0. The van der Waals surface area contributed by atoms with Crippen LogP contribution in [0, 0.1) is 19.8 Å². The summed E-state index contributed by atoms with van der Waals surface area (Å²) in [4.78, 5) is 38.0. The maximum Gasteiger partial charge on any atom is 0.233 e. The third kappa shape index (κ3) is 5.67. The predicted molar refractivity (Wildman–Crippen MR) is 107 cm³/mol. The summed E-state index contributed by atoms with van der Waals surface area (Å²) < 4.78 is 0. The summed E-state index contributed by atoms with van der Waals surface area (Å²) >= 11 is 1.39. The van der Waals surface area contributed by atoms with E-state index in [1.165, 1.54) is 24.6 Å². The summed E-state index contributed by atoms with van der Waals surface area (Å²) in [5.74, 6) is 0.862. The van der Waals surface area contributed by atoms with Gasteiger partial charge < -0.3 is 9.80 Å². The van der Waals surface area contributed by atoms with E-state index < -0.39 is 0 Å². The molecule has 7 heteroatoms. The molecule has 0 aliphatic carbocycles. The number of likely N-dealkylation sites (tertiary alicyclic amines) is 2. The van der Waals surface area contributed by atoms with Gasteiger partial charge in [0.15, 0.2) is 5.16 Å². The second kappa shape index (κ2) is 9.53. The molecule has 0 spiro atoms. The Morgan fingerprint density at radius 1 is 0.963 bits per heavy atom. The van der Waals surface area contributed by atoms with Crippen LogP contribution in [0.2, 0.25) is 0 Å². The maximum atomic E-state index is 12.8. The third-order valence-corrected chi connectivity index (χ3v) is 6.23. The summed E-state index contributed by atoms with van der Waals surface area (Å²) in [7, 11) is 0. The first-order valence-electron chi connectivity index (χ1n) is 10.0. The van der Waals surface area contributed by atoms with Crippen molar-refractivity contribution in [2.45, 2.75) is 57.5 Å². The van der Waals surface area contributed by atoms with E-state index in [0.717, 1.165) is 50.2 Å². The monoisotopic (exact) mass is 390 g/mol. The van der Waals surface area contributed by atoms with Crippen molar-refractivity contribution in [1.82, 2.24) is 19.8 Å². The lowest BCUT2D eigenvalue weighted by Crippen LogP contribution is -2.45. The van der Waals surface area contributed by atoms with E-state index in [1.54, 1.807) is 0 Å². The van der Waals surface area contributed by atoms with Crippen LogP contribution < -0.4 is 0 Å². The minimum Gasteiger partial charge on any atom is -0.342 e. The van der Waals surface area contributed by atoms with Crippen LogP contribution in [0.15, 0.2) is 11.2 Å². The van der Waals surface area contributed by atoms with Crippen LogP contribution in [-0.4, -0.2) is 63.5 Å².